The third kappa shape index (κ3) is 3.37. The quantitative estimate of drug-likeness (QED) is 0.846. The maximum absolute atomic E-state index is 6.10. The normalized spacial score (nSPS) is 20.6. The maximum atomic E-state index is 6.10. The molecule has 0 spiro atoms. The zero-order valence-electron chi connectivity index (χ0n) is 12.8. The lowest BCUT2D eigenvalue weighted by atomic mass is 10.2. The zero-order chi connectivity index (χ0) is 14.8. The van der Waals surface area contributed by atoms with E-state index >= 15 is 0 Å². The summed E-state index contributed by atoms with van der Waals surface area (Å²) < 4.78 is 0. The molecule has 0 aromatic carbocycles. The van der Waals surface area contributed by atoms with Crippen molar-refractivity contribution in [3.05, 3.63) is 5.28 Å². The molecule has 1 aromatic heterocycles. The first kappa shape index (κ1) is 14.8. The number of nitrogens with zero attached hydrogens (tertiary/aromatic N) is 6. The van der Waals surface area contributed by atoms with Crippen molar-refractivity contribution in [3.8, 4) is 0 Å². The SMILES string of the molecule is CC(C)N1CCN(c2nc(Cl)nc(N3CCCC3)n2)CC1. The summed E-state index contributed by atoms with van der Waals surface area (Å²) in [7, 11) is 0. The van der Waals surface area contributed by atoms with Gasteiger partial charge in [-0.1, -0.05) is 0 Å². The Morgan fingerprint density at radius 1 is 0.810 bits per heavy atom. The maximum Gasteiger partial charge on any atom is 0.231 e. The van der Waals surface area contributed by atoms with Gasteiger partial charge < -0.3 is 9.80 Å². The van der Waals surface area contributed by atoms with E-state index in [4.69, 9.17) is 11.6 Å². The predicted octanol–water partition coefficient (Wildman–Crippen LogP) is 1.66. The molecule has 116 valence electrons. The van der Waals surface area contributed by atoms with Crippen LogP contribution >= 0.6 is 11.6 Å². The van der Waals surface area contributed by atoms with Gasteiger partial charge in [-0.15, -0.1) is 0 Å². The first-order valence-corrected chi connectivity index (χ1v) is 8.17. The van der Waals surface area contributed by atoms with Crippen molar-refractivity contribution >= 4 is 23.5 Å². The molecule has 0 bridgehead atoms. The number of halogens is 1. The van der Waals surface area contributed by atoms with Crippen molar-refractivity contribution in [1.29, 1.82) is 0 Å². The fourth-order valence-electron chi connectivity index (χ4n) is 2.97. The number of rotatable bonds is 3. The van der Waals surface area contributed by atoms with Crippen LogP contribution in [0.2, 0.25) is 5.28 Å². The van der Waals surface area contributed by atoms with Gasteiger partial charge in [0.25, 0.3) is 0 Å². The minimum absolute atomic E-state index is 0.299. The number of hydrogen-bond acceptors (Lipinski definition) is 6. The summed E-state index contributed by atoms with van der Waals surface area (Å²) in [6.45, 7) is 10.5. The Balaban J connectivity index is 1.73. The summed E-state index contributed by atoms with van der Waals surface area (Å²) in [5.41, 5.74) is 0. The average molecular weight is 311 g/mol. The zero-order valence-corrected chi connectivity index (χ0v) is 13.6. The van der Waals surface area contributed by atoms with Crippen LogP contribution in [0, 0.1) is 0 Å². The highest BCUT2D eigenvalue weighted by atomic mass is 35.5. The summed E-state index contributed by atoms with van der Waals surface area (Å²) in [5, 5.41) is 0.299. The van der Waals surface area contributed by atoms with Gasteiger partial charge >= 0.3 is 0 Å². The summed E-state index contributed by atoms with van der Waals surface area (Å²) >= 11 is 6.10. The van der Waals surface area contributed by atoms with Gasteiger partial charge in [-0.05, 0) is 38.3 Å². The van der Waals surface area contributed by atoms with Crippen molar-refractivity contribution in [2.45, 2.75) is 32.7 Å². The average Bonchev–Trinajstić information content (AvgIpc) is 3.01. The Morgan fingerprint density at radius 3 is 1.86 bits per heavy atom. The van der Waals surface area contributed by atoms with Gasteiger partial charge in [0, 0.05) is 45.3 Å². The standard InChI is InChI=1S/C14H23ClN6/c1-11(2)19-7-9-21(10-8-19)14-17-12(15)16-13(18-14)20-5-3-4-6-20/h11H,3-10H2,1-2H3. The largest absolute Gasteiger partial charge is 0.341 e. The molecular weight excluding hydrogens is 288 g/mol. The summed E-state index contributed by atoms with van der Waals surface area (Å²) in [6, 6.07) is 0.592. The van der Waals surface area contributed by atoms with Crippen LogP contribution in [0.25, 0.3) is 0 Å². The van der Waals surface area contributed by atoms with Crippen LogP contribution in [0.1, 0.15) is 26.7 Å². The molecule has 0 unspecified atom stereocenters. The van der Waals surface area contributed by atoms with Crippen molar-refractivity contribution in [1.82, 2.24) is 19.9 Å². The summed E-state index contributed by atoms with van der Waals surface area (Å²) in [6.07, 6.45) is 2.40. The lowest BCUT2D eigenvalue weighted by Gasteiger charge is -2.37. The van der Waals surface area contributed by atoms with Crippen LogP contribution in [0.15, 0.2) is 0 Å². The molecule has 2 fully saturated rings. The molecule has 2 aliphatic heterocycles. The lowest BCUT2D eigenvalue weighted by molar-refractivity contribution is 0.208. The van der Waals surface area contributed by atoms with Gasteiger partial charge in [-0.3, -0.25) is 4.90 Å². The molecule has 0 aliphatic carbocycles. The Morgan fingerprint density at radius 2 is 1.33 bits per heavy atom. The first-order chi connectivity index (χ1) is 10.1. The van der Waals surface area contributed by atoms with Crippen LogP contribution in [0.3, 0.4) is 0 Å². The minimum atomic E-state index is 0.299. The van der Waals surface area contributed by atoms with Gasteiger partial charge in [0.15, 0.2) is 0 Å². The van der Waals surface area contributed by atoms with Crippen LogP contribution in [-0.4, -0.2) is 65.2 Å². The van der Waals surface area contributed by atoms with E-state index < -0.39 is 0 Å². The third-order valence-corrected chi connectivity index (χ3v) is 4.47. The molecule has 0 saturated carbocycles. The van der Waals surface area contributed by atoms with E-state index in [1.165, 1.54) is 12.8 Å². The van der Waals surface area contributed by atoms with E-state index in [1.807, 2.05) is 0 Å². The molecule has 0 atom stereocenters. The summed E-state index contributed by atoms with van der Waals surface area (Å²) in [4.78, 5) is 20.1. The molecule has 2 saturated heterocycles. The second kappa shape index (κ2) is 6.32. The molecule has 3 heterocycles. The molecule has 1 aromatic rings. The van der Waals surface area contributed by atoms with Crippen molar-refractivity contribution in [2.24, 2.45) is 0 Å². The van der Waals surface area contributed by atoms with Crippen molar-refractivity contribution in [3.63, 3.8) is 0 Å². The van der Waals surface area contributed by atoms with Crippen LogP contribution < -0.4 is 9.80 Å². The van der Waals surface area contributed by atoms with Crippen molar-refractivity contribution in [2.75, 3.05) is 49.1 Å². The fourth-order valence-corrected chi connectivity index (χ4v) is 3.12. The molecule has 6 nitrogen and oxygen atoms in total. The van der Waals surface area contributed by atoms with Gasteiger partial charge in [-0.25, -0.2) is 0 Å². The minimum Gasteiger partial charge on any atom is -0.341 e. The number of anilines is 2. The molecule has 2 aliphatic rings. The monoisotopic (exact) mass is 310 g/mol. The first-order valence-electron chi connectivity index (χ1n) is 7.79. The van der Waals surface area contributed by atoms with Crippen LogP contribution in [0.5, 0.6) is 0 Å². The Kier molecular flexibility index (Phi) is 4.45. The van der Waals surface area contributed by atoms with E-state index in [2.05, 4.69) is 43.5 Å². The lowest BCUT2D eigenvalue weighted by Crippen LogP contribution is -2.49. The number of piperazine rings is 1. The van der Waals surface area contributed by atoms with Gasteiger partial charge in [-0.2, -0.15) is 15.0 Å². The van der Waals surface area contributed by atoms with E-state index in [0.29, 0.717) is 11.3 Å². The Hall–Kier alpha value is -1.14. The molecule has 0 radical (unpaired) electrons. The third-order valence-electron chi connectivity index (χ3n) is 4.30. The topological polar surface area (TPSA) is 48.4 Å². The molecule has 0 amide bonds. The van der Waals surface area contributed by atoms with E-state index in [-0.39, 0.29) is 0 Å². The number of aromatic nitrogens is 3. The highest BCUT2D eigenvalue weighted by molar-refractivity contribution is 6.28. The molecule has 21 heavy (non-hydrogen) atoms. The predicted molar refractivity (Wildman–Crippen MR) is 85.2 cm³/mol. The highest BCUT2D eigenvalue weighted by Crippen LogP contribution is 2.21. The summed E-state index contributed by atoms with van der Waals surface area (Å²) in [5.74, 6) is 1.45. The molecule has 0 N–H and O–H groups in total. The van der Waals surface area contributed by atoms with Crippen LogP contribution in [-0.2, 0) is 0 Å². The Labute approximate surface area is 131 Å². The second-order valence-corrected chi connectivity index (χ2v) is 6.35. The van der Waals surface area contributed by atoms with E-state index in [0.717, 1.165) is 51.2 Å². The van der Waals surface area contributed by atoms with Gasteiger partial charge in [0.1, 0.15) is 0 Å². The highest BCUT2D eigenvalue weighted by Gasteiger charge is 2.23. The fraction of sp³-hybridized carbons (Fsp3) is 0.786. The second-order valence-electron chi connectivity index (χ2n) is 6.02. The van der Waals surface area contributed by atoms with Crippen LogP contribution in [0.4, 0.5) is 11.9 Å². The van der Waals surface area contributed by atoms with E-state index in [1.54, 1.807) is 0 Å². The smallest absolute Gasteiger partial charge is 0.231 e. The van der Waals surface area contributed by atoms with Crippen molar-refractivity contribution < 1.29 is 0 Å². The Bertz CT molecular complexity index is 480. The number of hydrogen-bond donors (Lipinski definition) is 0. The molecule has 7 heteroatoms. The van der Waals surface area contributed by atoms with Gasteiger partial charge in [0.05, 0.1) is 0 Å². The molecular formula is C14H23ClN6. The van der Waals surface area contributed by atoms with E-state index in [9.17, 15) is 0 Å². The molecule has 3 rings (SSSR count). The van der Waals surface area contributed by atoms with Gasteiger partial charge in [0.2, 0.25) is 17.2 Å².